The summed E-state index contributed by atoms with van der Waals surface area (Å²) < 4.78 is 16.4. The molecule has 2 aliphatic rings. The Kier molecular flexibility index (Phi) is 4.85. The second-order valence-corrected chi connectivity index (χ2v) is 6.42. The number of halogens is 1. The average molecular weight is 354 g/mol. The zero-order chi connectivity index (χ0) is 17.2. The Bertz CT molecular complexity index is 640. The van der Waals surface area contributed by atoms with Crippen LogP contribution in [0.2, 0.25) is 0 Å². The van der Waals surface area contributed by atoms with E-state index in [-0.39, 0.29) is 24.4 Å². The summed E-state index contributed by atoms with van der Waals surface area (Å²) in [7, 11) is 1.57. The number of benzene rings is 1. The van der Waals surface area contributed by atoms with Crippen LogP contribution in [0.3, 0.4) is 0 Å². The first-order valence-corrected chi connectivity index (χ1v) is 8.48. The summed E-state index contributed by atoms with van der Waals surface area (Å²) in [6, 6.07) is 5.26. The van der Waals surface area contributed by atoms with E-state index in [1.807, 2.05) is 0 Å². The summed E-state index contributed by atoms with van der Waals surface area (Å²) in [6.45, 7) is 1.20. The van der Waals surface area contributed by atoms with Gasteiger partial charge in [0.2, 0.25) is 0 Å². The van der Waals surface area contributed by atoms with Crippen LogP contribution in [0, 0.1) is 0 Å². The van der Waals surface area contributed by atoms with Gasteiger partial charge >= 0.3 is 6.09 Å². The zero-order valence-electron chi connectivity index (χ0n) is 13.5. The number of carbonyl (C=O) groups excluding carboxylic acids is 2. The molecular formula is C17H20ClNO5. The van der Waals surface area contributed by atoms with Crippen molar-refractivity contribution in [2.75, 3.05) is 32.7 Å². The van der Waals surface area contributed by atoms with Gasteiger partial charge in [-0.05, 0) is 18.2 Å². The van der Waals surface area contributed by atoms with Crippen LogP contribution in [0.15, 0.2) is 18.2 Å². The summed E-state index contributed by atoms with van der Waals surface area (Å²) >= 11 is 5.52. The van der Waals surface area contributed by atoms with Gasteiger partial charge in [0.1, 0.15) is 23.7 Å². The van der Waals surface area contributed by atoms with Crippen LogP contribution in [0.4, 0.5) is 4.79 Å². The molecule has 7 heteroatoms. The third-order valence-corrected chi connectivity index (χ3v) is 4.69. The predicted octanol–water partition coefficient (Wildman–Crippen LogP) is 2.87. The number of fused-ring (bicyclic) bond motifs is 1. The first-order valence-electron chi connectivity index (χ1n) is 7.95. The number of rotatable bonds is 3. The molecule has 0 saturated carbocycles. The smallest absolute Gasteiger partial charge is 0.409 e. The SMILES string of the molecule is COc1ccc2c(c1)C(=O)CC1(CCN(C(=O)OCCCl)CC1)O2. The van der Waals surface area contributed by atoms with Gasteiger partial charge < -0.3 is 19.1 Å². The quantitative estimate of drug-likeness (QED) is 0.782. The molecule has 0 atom stereocenters. The Balaban J connectivity index is 1.68. The molecule has 24 heavy (non-hydrogen) atoms. The molecule has 1 aromatic rings. The van der Waals surface area contributed by atoms with Gasteiger partial charge in [-0.15, -0.1) is 11.6 Å². The lowest BCUT2D eigenvalue weighted by molar-refractivity contribution is -0.00859. The molecule has 3 rings (SSSR count). The molecule has 0 radical (unpaired) electrons. The molecule has 0 bridgehead atoms. The van der Waals surface area contributed by atoms with E-state index in [0.29, 0.717) is 49.4 Å². The van der Waals surface area contributed by atoms with Crippen molar-refractivity contribution in [3.63, 3.8) is 0 Å². The lowest BCUT2D eigenvalue weighted by Gasteiger charge is -2.43. The van der Waals surface area contributed by atoms with Crippen molar-refractivity contribution < 1.29 is 23.8 Å². The third kappa shape index (κ3) is 3.29. The van der Waals surface area contributed by atoms with Crippen LogP contribution in [-0.4, -0.2) is 55.1 Å². The zero-order valence-corrected chi connectivity index (χ0v) is 14.3. The lowest BCUT2D eigenvalue weighted by Crippen LogP contribution is -2.52. The van der Waals surface area contributed by atoms with Gasteiger partial charge in [0.05, 0.1) is 25.0 Å². The summed E-state index contributed by atoms with van der Waals surface area (Å²) in [5.74, 6) is 1.55. The number of amides is 1. The van der Waals surface area contributed by atoms with E-state index in [4.69, 9.17) is 25.8 Å². The number of methoxy groups -OCH3 is 1. The van der Waals surface area contributed by atoms with Crippen LogP contribution in [0.5, 0.6) is 11.5 Å². The summed E-state index contributed by atoms with van der Waals surface area (Å²) in [5.41, 5.74) is 0.0194. The van der Waals surface area contributed by atoms with Gasteiger partial charge in [-0.2, -0.15) is 0 Å². The van der Waals surface area contributed by atoms with Crippen molar-refractivity contribution in [1.29, 1.82) is 0 Å². The van der Waals surface area contributed by atoms with Gasteiger partial charge in [0.25, 0.3) is 0 Å². The van der Waals surface area contributed by atoms with Crippen molar-refractivity contribution in [3.05, 3.63) is 23.8 Å². The highest BCUT2D eigenvalue weighted by Crippen LogP contribution is 2.40. The molecule has 1 saturated heterocycles. The minimum Gasteiger partial charge on any atom is -0.497 e. The molecule has 0 unspecified atom stereocenters. The van der Waals surface area contributed by atoms with Crippen molar-refractivity contribution in [1.82, 2.24) is 4.90 Å². The van der Waals surface area contributed by atoms with Crippen LogP contribution in [-0.2, 0) is 4.74 Å². The van der Waals surface area contributed by atoms with Crippen LogP contribution in [0.25, 0.3) is 0 Å². The predicted molar refractivity (Wildman–Crippen MR) is 88.2 cm³/mol. The number of alkyl halides is 1. The Morgan fingerprint density at radius 3 is 2.79 bits per heavy atom. The Morgan fingerprint density at radius 2 is 2.12 bits per heavy atom. The van der Waals surface area contributed by atoms with E-state index >= 15 is 0 Å². The number of carbonyl (C=O) groups is 2. The largest absolute Gasteiger partial charge is 0.497 e. The van der Waals surface area contributed by atoms with Gasteiger partial charge in [-0.3, -0.25) is 4.79 Å². The molecule has 0 N–H and O–H groups in total. The highest BCUT2D eigenvalue weighted by Gasteiger charge is 2.44. The molecule has 1 amide bonds. The first-order chi connectivity index (χ1) is 11.6. The molecule has 1 fully saturated rings. The number of piperidine rings is 1. The summed E-state index contributed by atoms with van der Waals surface area (Å²) in [4.78, 5) is 26.0. The van der Waals surface area contributed by atoms with Gasteiger partial charge in [-0.1, -0.05) is 0 Å². The maximum atomic E-state index is 12.5. The van der Waals surface area contributed by atoms with Crippen molar-refractivity contribution in [2.45, 2.75) is 24.9 Å². The monoisotopic (exact) mass is 353 g/mol. The van der Waals surface area contributed by atoms with Gasteiger partial charge in [-0.25, -0.2) is 4.79 Å². The summed E-state index contributed by atoms with van der Waals surface area (Å²) in [6.07, 6.45) is 1.15. The number of nitrogens with zero attached hydrogens (tertiary/aromatic N) is 1. The number of hydrogen-bond acceptors (Lipinski definition) is 5. The molecular weight excluding hydrogens is 334 g/mol. The second-order valence-electron chi connectivity index (χ2n) is 6.04. The molecule has 130 valence electrons. The molecule has 1 spiro atoms. The molecule has 2 aliphatic heterocycles. The van der Waals surface area contributed by atoms with Crippen LogP contribution >= 0.6 is 11.6 Å². The fraction of sp³-hybridized carbons (Fsp3) is 0.529. The highest BCUT2D eigenvalue weighted by atomic mass is 35.5. The van der Waals surface area contributed by atoms with E-state index in [0.717, 1.165) is 0 Å². The number of ether oxygens (including phenoxy) is 3. The van der Waals surface area contributed by atoms with Crippen LogP contribution in [0.1, 0.15) is 29.6 Å². The topological polar surface area (TPSA) is 65.1 Å². The van der Waals surface area contributed by atoms with Crippen molar-refractivity contribution in [3.8, 4) is 11.5 Å². The minimum absolute atomic E-state index is 0.0494. The molecule has 1 aromatic carbocycles. The number of Topliss-reactive ketones (excluding diaryl/α,β-unsaturated/α-hetero) is 1. The Morgan fingerprint density at radius 1 is 1.38 bits per heavy atom. The molecule has 2 heterocycles. The van der Waals surface area contributed by atoms with Gasteiger partial charge in [0.15, 0.2) is 5.78 Å². The second kappa shape index (κ2) is 6.89. The van der Waals surface area contributed by atoms with E-state index < -0.39 is 5.60 Å². The molecule has 0 aliphatic carbocycles. The minimum atomic E-state index is -0.540. The van der Waals surface area contributed by atoms with E-state index in [2.05, 4.69) is 0 Å². The average Bonchev–Trinajstić information content (AvgIpc) is 2.60. The fourth-order valence-electron chi connectivity index (χ4n) is 3.19. The standard InChI is InChI=1S/C17H20ClNO5/c1-22-12-2-3-15-13(10-12)14(20)11-17(24-15)4-7-19(8-5-17)16(21)23-9-6-18/h2-3,10H,4-9,11H2,1H3. The maximum Gasteiger partial charge on any atom is 0.409 e. The molecule has 0 aromatic heterocycles. The van der Waals surface area contributed by atoms with Crippen molar-refractivity contribution >= 4 is 23.5 Å². The highest BCUT2D eigenvalue weighted by molar-refractivity contribution is 6.18. The number of likely N-dealkylation sites (tertiary alicyclic amines) is 1. The first kappa shape index (κ1) is 16.9. The Hall–Kier alpha value is -1.95. The third-order valence-electron chi connectivity index (χ3n) is 4.53. The fourth-order valence-corrected chi connectivity index (χ4v) is 3.27. The van der Waals surface area contributed by atoms with Crippen LogP contribution < -0.4 is 9.47 Å². The number of hydrogen-bond donors (Lipinski definition) is 0. The molecule has 6 nitrogen and oxygen atoms in total. The van der Waals surface area contributed by atoms with Gasteiger partial charge in [0, 0.05) is 25.9 Å². The lowest BCUT2D eigenvalue weighted by atomic mass is 9.82. The summed E-state index contributed by atoms with van der Waals surface area (Å²) in [5, 5.41) is 0. The van der Waals surface area contributed by atoms with E-state index in [9.17, 15) is 9.59 Å². The van der Waals surface area contributed by atoms with E-state index in [1.165, 1.54) is 0 Å². The van der Waals surface area contributed by atoms with E-state index in [1.54, 1.807) is 30.2 Å². The van der Waals surface area contributed by atoms with Crippen molar-refractivity contribution in [2.24, 2.45) is 0 Å². The number of ketones is 1. The normalized spacial score (nSPS) is 18.8. The Labute approximate surface area is 145 Å². The maximum absolute atomic E-state index is 12.5.